The minimum absolute atomic E-state index is 0.0146. The summed E-state index contributed by atoms with van der Waals surface area (Å²) in [5.41, 5.74) is 4.75. The number of nitro groups is 1. The Morgan fingerprint density at radius 1 is 1.08 bits per heavy atom. The fraction of sp³-hybridized carbons (Fsp3) is 0.211. The van der Waals surface area contributed by atoms with Gasteiger partial charge in [-0.15, -0.1) is 0 Å². The highest BCUT2D eigenvalue weighted by Crippen LogP contribution is 2.28. The van der Waals surface area contributed by atoms with Crippen LogP contribution in [0.25, 0.3) is 5.69 Å². The predicted molar refractivity (Wildman–Crippen MR) is 95.2 cm³/mol. The zero-order valence-corrected chi connectivity index (χ0v) is 14.4. The van der Waals surface area contributed by atoms with Gasteiger partial charge in [-0.05, 0) is 56.2 Å². The van der Waals surface area contributed by atoms with Crippen molar-refractivity contribution in [3.63, 3.8) is 0 Å². The summed E-state index contributed by atoms with van der Waals surface area (Å²) in [6.45, 7) is 6.05. The molecule has 0 aliphatic rings. The van der Waals surface area contributed by atoms with Gasteiger partial charge in [-0.25, -0.2) is 4.68 Å². The van der Waals surface area contributed by atoms with Crippen molar-refractivity contribution in [2.24, 2.45) is 0 Å². The third-order valence-electron chi connectivity index (χ3n) is 3.90. The molecule has 0 amide bonds. The lowest BCUT2D eigenvalue weighted by Gasteiger charge is -2.09. The molecule has 6 heteroatoms. The Morgan fingerprint density at radius 3 is 2.40 bits per heavy atom. The lowest BCUT2D eigenvalue weighted by molar-refractivity contribution is -0.386. The van der Waals surface area contributed by atoms with Crippen LogP contribution in [-0.4, -0.2) is 14.7 Å². The summed E-state index contributed by atoms with van der Waals surface area (Å²) in [7, 11) is 0. The number of nitro benzene ring substituents is 1. The molecule has 1 aromatic heterocycles. The van der Waals surface area contributed by atoms with Gasteiger partial charge in [0.1, 0.15) is 6.61 Å². The van der Waals surface area contributed by atoms with Crippen LogP contribution in [0, 0.1) is 30.9 Å². The molecule has 6 nitrogen and oxygen atoms in total. The zero-order valence-electron chi connectivity index (χ0n) is 14.4. The van der Waals surface area contributed by atoms with E-state index in [9.17, 15) is 10.1 Å². The Bertz CT molecular complexity index is 914. The molecule has 0 saturated heterocycles. The molecular formula is C19H19N3O3. The molecule has 0 aliphatic heterocycles. The van der Waals surface area contributed by atoms with Gasteiger partial charge in [0, 0.05) is 11.8 Å². The molecule has 2 aromatic carbocycles. The van der Waals surface area contributed by atoms with Crippen LogP contribution in [-0.2, 0) is 6.61 Å². The molecule has 1 heterocycles. The van der Waals surface area contributed by atoms with Crippen molar-refractivity contribution in [2.75, 3.05) is 0 Å². The van der Waals surface area contributed by atoms with Gasteiger partial charge < -0.3 is 4.74 Å². The summed E-state index contributed by atoms with van der Waals surface area (Å²) >= 11 is 0. The zero-order chi connectivity index (χ0) is 18.0. The molecule has 0 bridgehead atoms. The first-order chi connectivity index (χ1) is 11.9. The molecule has 128 valence electrons. The van der Waals surface area contributed by atoms with E-state index in [0.717, 1.165) is 28.2 Å². The summed E-state index contributed by atoms with van der Waals surface area (Å²) in [5.74, 6) is 0.276. The fourth-order valence-electron chi connectivity index (χ4n) is 2.68. The Morgan fingerprint density at radius 2 is 1.80 bits per heavy atom. The van der Waals surface area contributed by atoms with Crippen LogP contribution in [0.15, 0.2) is 48.5 Å². The van der Waals surface area contributed by atoms with Gasteiger partial charge in [0.05, 0.1) is 16.3 Å². The number of aryl methyl sites for hydroxylation is 3. The molecule has 0 radical (unpaired) electrons. The SMILES string of the molecule is Cc1ccc(OCc2ccc(-n3nc(C)cc3C)cc2)c([N+](=O)[O-])c1. The number of benzene rings is 2. The maximum absolute atomic E-state index is 11.1. The normalized spacial score (nSPS) is 10.7. The first kappa shape index (κ1) is 16.7. The van der Waals surface area contributed by atoms with Gasteiger partial charge in [-0.1, -0.05) is 18.2 Å². The minimum atomic E-state index is -0.422. The van der Waals surface area contributed by atoms with Crippen molar-refractivity contribution in [1.82, 2.24) is 9.78 Å². The second-order valence-electron chi connectivity index (χ2n) is 6.02. The lowest BCUT2D eigenvalue weighted by atomic mass is 10.2. The van der Waals surface area contributed by atoms with Crippen LogP contribution in [0.5, 0.6) is 5.75 Å². The third kappa shape index (κ3) is 3.68. The van der Waals surface area contributed by atoms with Crippen LogP contribution in [0.3, 0.4) is 0 Å². The van der Waals surface area contributed by atoms with Crippen LogP contribution in [0.4, 0.5) is 5.69 Å². The first-order valence-electron chi connectivity index (χ1n) is 7.94. The van der Waals surface area contributed by atoms with Crippen molar-refractivity contribution in [3.05, 3.63) is 81.2 Å². The fourth-order valence-corrected chi connectivity index (χ4v) is 2.68. The standard InChI is InChI=1S/C19H19N3O3/c1-13-4-9-19(18(10-13)22(23)24)25-12-16-5-7-17(8-6-16)21-15(3)11-14(2)20-21/h4-11H,12H2,1-3H3. The molecule has 0 atom stereocenters. The average Bonchev–Trinajstić information content (AvgIpc) is 2.92. The van der Waals surface area contributed by atoms with Crippen LogP contribution in [0.1, 0.15) is 22.5 Å². The summed E-state index contributed by atoms with van der Waals surface area (Å²) in [5, 5.41) is 15.6. The molecule has 3 aromatic rings. The quantitative estimate of drug-likeness (QED) is 0.514. The third-order valence-corrected chi connectivity index (χ3v) is 3.90. The molecule has 25 heavy (non-hydrogen) atoms. The van der Waals surface area contributed by atoms with Crippen molar-refractivity contribution >= 4 is 5.69 Å². The number of hydrogen-bond acceptors (Lipinski definition) is 4. The largest absolute Gasteiger partial charge is 0.482 e. The van der Waals surface area contributed by atoms with E-state index in [1.165, 1.54) is 6.07 Å². The summed E-state index contributed by atoms with van der Waals surface area (Å²) in [6, 6.07) is 14.8. The Kier molecular flexibility index (Phi) is 4.52. The van der Waals surface area contributed by atoms with E-state index in [1.807, 2.05) is 55.8 Å². The second kappa shape index (κ2) is 6.76. The van der Waals surface area contributed by atoms with E-state index < -0.39 is 4.92 Å². The molecule has 0 saturated carbocycles. The average molecular weight is 337 g/mol. The molecule has 0 unspecified atom stereocenters. The second-order valence-corrected chi connectivity index (χ2v) is 6.02. The van der Waals surface area contributed by atoms with Crippen molar-refractivity contribution in [2.45, 2.75) is 27.4 Å². The van der Waals surface area contributed by atoms with Crippen LogP contribution in [0.2, 0.25) is 0 Å². The molecular weight excluding hydrogens is 318 g/mol. The maximum atomic E-state index is 11.1. The number of aromatic nitrogens is 2. The maximum Gasteiger partial charge on any atom is 0.311 e. The van der Waals surface area contributed by atoms with Gasteiger partial charge in [0.25, 0.3) is 0 Å². The summed E-state index contributed by atoms with van der Waals surface area (Å²) in [4.78, 5) is 10.7. The highest BCUT2D eigenvalue weighted by Gasteiger charge is 2.15. The van der Waals surface area contributed by atoms with E-state index >= 15 is 0 Å². The molecule has 0 spiro atoms. The number of nitrogens with zero attached hydrogens (tertiary/aromatic N) is 3. The predicted octanol–water partition coefficient (Wildman–Crippen LogP) is 4.28. The lowest BCUT2D eigenvalue weighted by Crippen LogP contribution is -2.01. The molecule has 0 aliphatic carbocycles. The summed E-state index contributed by atoms with van der Waals surface area (Å²) in [6.07, 6.45) is 0. The van der Waals surface area contributed by atoms with Crippen molar-refractivity contribution < 1.29 is 9.66 Å². The number of rotatable bonds is 5. The highest BCUT2D eigenvalue weighted by molar-refractivity contribution is 5.48. The molecule has 3 rings (SSSR count). The van der Waals surface area contributed by atoms with E-state index in [1.54, 1.807) is 12.1 Å². The Balaban J connectivity index is 1.75. The number of hydrogen-bond donors (Lipinski definition) is 0. The molecule has 0 N–H and O–H groups in total. The number of ether oxygens (including phenoxy) is 1. The van der Waals surface area contributed by atoms with Crippen molar-refractivity contribution in [1.29, 1.82) is 0 Å². The minimum Gasteiger partial charge on any atom is -0.482 e. The smallest absolute Gasteiger partial charge is 0.311 e. The first-order valence-corrected chi connectivity index (χ1v) is 7.94. The van der Waals surface area contributed by atoms with E-state index in [-0.39, 0.29) is 18.0 Å². The van der Waals surface area contributed by atoms with Gasteiger partial charge in [-0.3, -0.25) is 10.1 Å². The van der Waals surface area contributed by atoms with E-state index in [4.69, 9.17) is 4.74 Å². The van der Waals surface area contributed by atoms with Gasteiger partial charge >= 0.3 is 5.69 Å². The van der Waals surface area contributed by atoms with Gasteiger partial charge in [0.15, 0.2) is 5.75 Å². The van der Waals surface area contributed by atoms with E-state index in [2.05, 4.69) is 5.10 Å². The Hall–Kier alpha value is -3.15. The van der Waals surface area contributed by atoms with E-state index in [0.29, 0.717) is 0 Å². The Labute approximate surface area is 145 Å². The molecule has 0 fully saturated rings. The monoisotopic (exact) mass is 337 g/mol. The van der Waals surface area contributed by atoms with Gasteiger partial charge in [-0.2, -0.15) is 5.10 Å². The van der Waals surface area contributed by atoms with Crippen molar-refractivity contribution in [3.8, 4) is 11.4 Å². The summed E-state index contributed by atoms with van der Waals surface area (Å²) < 4.78 is 7.53. The van der Waals surface area contributed by atoms with Gasteiger partial charge in [0.2, 0.25) is 0 Å². The van der Waals surface area contributed by atoms with Crippen LogP contribution < -0.4 is 4.74 Å². The topological polar surface area (TPSA) is 70.2 Å². The highest BCUT2D eigenvalue weighted by atomic mass is 16.6. The van der Waals surface area contributed by atoms with Crippen LogP contribution >= 0.6 is 0 Å².